The molecule has 1 atom stereocenters. The van der Waals surface area contributed by atoms with Gasteiger partial charge in [-0.25, -0.2) is 0 Å². The fourth-order valence-corrected chi connectivity index (χ4v) is 2.22. The van der Waals surface area contributed by atoms with Crippen molar-refractivity contribution < 1.29 is 4.79 Å². The number of nitrogens with one attached hydrogen (secondary N) is 1. The monoisotopic (exact) mass is 292 g/mol. The number of carbonyl (C=O) groups excluding carboxylic acids is 1. The van der Waals surface area contributed by atoms with Gasteiger partial charge in [0.2, 0.25) is 5.91 Å². The van der Waals surface area contributed by atoms with Gasteiger partial charge in [-0.2, -0.15) is 11.8 Å². The van der Waals surface area contributed by atoms with Crippen LogP contribution in [-0.4, -0.2) is 23.5 Å². The lowest BCUT2D eigenvalue weighted by molar-refractivity contribution is -0.113. The van der Waals surface area contributed by atoms with Gasteiger partial charge >= 0.3 is 0 Å². The molecule has 0 radical (unpaired) electrons. The fourth-order valence-electron chi connectivity index (χ4n) is 1.12. The van der Waals surface area contributed by atoms with E-state index < -0.39 is 0 Å². The summed E-state index contributed by atoms with van der Waals surface area (Å²) < 4.78 is 0. The summed E-state index contributed by atoms with van der Waals surface area (Å²) in [4.78, 5) is 11.6. The smallest absolute Gasteiger partial charge is 0.234 e. The molecule has 0 aromatic heterocycles. The van der Waals surface area contributed by atoms with E-state index in [2.05, 4.69) is 5.32 Å². The van der Waals surface area contributed by atoms with Crippen molar-refractivity contribution in [3.05, 3.63) is 28.2 Å². The van der Waals surface area contributed by atoms with Crippen LogP contribution < -0.4 is 11.1 Å². The Bertz CT molecular complexity index is 399. The molecule has 17 heavy (non-hydrogen) atoms. The molecule has 1 aromatic carbocycles. The maximum Gasteiger partial charge on any atom is 0.234 e. The number of hydrogen-bond acceptors (Lipinski definition) is 3. The summed E-state index contributed by atoms with van der Waals surface area (Å²) in [7, 11) is 0. The lowest BCUT2D eigenvalue weighted by Crippen LogP contribution is -2.20. The van der Waals surface area contributed by atoms with E-state index in [1.165, 1.54) is 11.8 Å². The number of anilines is 1. The van der Waals surface area contributed by atoms with Crippen molar-refractivity contribution >= 4 is 46.6 Å². The quantitative estimate of drug-likeness (QED) is 0.877. The Morgan fingerprint density at radius 2 is 2.24 bits per heavy atom. The summed E-state index contributed by atoms with van der Waals surface area (Å²) in [6.45, 7) is 1.90. The van der Waals surface area contributed by atoms with Crippen molar-refractivity contribution in [2.45, 2.75) is 13.0 Å². The molecule has 0 bridgehead atoms. The Morgan fingerprint density at radius 1 is 1.53 bits per heavy atom. The highest BCUT2D eigenvalue weighted by atomic mass is 35.5. The minimum atomic E-state index is -0.111. The van der Waals surface area contributed by atoms with E-state index in [1.807, 2.05) is 6.92 Å². The number of hydrogen-bond donors (Lipinski definition) is 2. The summed E-state index contributed by atoms with van der Waals surface area (Å²) in [6, 6.07) is 5.20. The van der Waals surface area contributed by atoms with Gasteiger partial charge in [0.1, 0.15) is 0 Å². The average molecular weight is 293 g/mol. The topological polar surface area (TPSA) is 55.1 Å². The molecule has 0 saturated carbocycles. The van der Waals surface area contributed by atoms with Gasteiger partial charge in [0, 0.05) is 11.8 Å². The molecule has 0 fully saturated rings. The Hall–Kier alpha value is -0.420. The van der Waals surface area contributed by atoms with Gasteiger partial charge in [-0.1, -0.05) is 29.3 Å². The molecule has 6 heteroatoms. The number of thioether (sulfide) groups is 1. The van der Waals surface area contributed by atoms with Gasteiger partial charge < -0.3 is 11.1 Å². The van der Waals surface area contributed by atoms with Crippen molar-refractivity contribution in [2.75, 3.05) is 16.8 Å². The minimum absolute atomic E-state index is 0.0857. The standard InChI is InChI=1S/C11H14Cl2N2OS/c1-7(14)5-17-6-10(16)15-9-4-2-3-8(12)11(9)13/h2-4,7H,5-6,14H2,1H3,(H,15,16). The molecular weight excluding hydrogens is 279 g/mol. The maximum atomic E-state index is 11.6. The van der Waals surface area contributed by atoms with E-state index in [9.17, 15) is 4.79 Å². The predicted octanol–water partition coefficient (Wildman–Crippen LogP) is 3.01. The molecule has 0 aliphatic carbocycles. The highest BCUT2D eigenvalue weighted by molar-refractivity contribution is 8.00. The van der Waals surface area contributed by atoms with Crippen LogP contribution in [0.4, 0.5) is 5.69 Å². The van der Waals surface area contributed by atoms with Crippen LogP contribution in [-0.2, 0) is 4.79 Å². The lowest BCUT2D eigenvalue weighted by Gasteiger charge is -2.08. The van der Waals surface area contributed by atoms with Crippen molar-refractivity contribution in [1.82, 2.24) is 0 Å². The maximum absolute atomic E-state index is 11.6. The molecule has 3 N–H and O–H groups in total. The number of halogens is 2. The molecule has 0 aliphatic rings. The summed E-state index contributed by atoms with van der Waals surface area (Å²) in [5.74, 6) is 0.987. The molecule has 0 spiro atoms. The van der Waals surface area contributed by atoms with Crippen LogP contribution in [0.25, 0.3) is 0 Å². The van der Waals surface area contributed by atoms with Crippen LogP contribution in [0.15, 0.2) is 18.2 Å². The van der Waals surface area contributed by atoms with Gasteiger partial charge in [0.05, 0.1) is 21.5 Å². The van der Waals surface area contributed by atoms with E-state index in [-0.39, 0.29) is 11.9 Å². The molecule has 1 unspecified atom stereocenters. The van der Waals surface area contributed by atoms with Crippen LogP contribution in [0.5, 0.6) is 0 Å². The minimum Gasteiger partial charge on any atom is -0.327 e. The van der Waals surface area contributed by atoms with Crippen molar-refractivity contribution in [3.8, 4) is 0 Å². The Labute approximate surface area is 115 Å². The zero-order valence-corrected chi connectivity index (χ0v) is 11.7. The van der Waals surface area contributed by atoms with Crippen molar-refractivity contribution in [3.63, 3.8) is 0 Å². The molecule has 94 valence electrons. The predicted molar refractivity (Wildman–Crippen MR) is 76.1 cm³/mol. The molecule has 0 aliphatic heterocycles. The first kappa shape index (κ1) is 14.6. The van der Waals surface area contributed by atoms with Gasteiger partial charge in [0.15, 0.2) is 0 Å². The SMILES string of the molecule is CC(N)CSCC(=O)Nc1cccc(Cl)c1Cl. The largest absolute Gasteiger partial charge is 0.327 e. The molecule has 1 amide bonds. The third kappa shape index (κ3) is 5.17. The number of carbonyl (C=O) groups is 1. The number of nitrogens with two attached hydrogens (primary N) is 1. The highest BCUT2D eigenvalue weighted by Crippen LogP contribution is 2.29. The summed E-state index contributed by atoms with van der Waals surface area (Å²) >= 11 is 13.3. The van der Waals surface area contributed by atoms with Crippen LogP contribution in [0, 0.1) is 0 Å². The Balaban J connectivity index is 2.48. The molecule has 3 nitrogen and oxygen atoms in total. The van der Waals surface area contributed by atoms with Crippen molar-refractivity contribution in [1.29, 1.82) is 0 Å². The highest BCUT2D eigenvalue weighted by Gasteiger charge is 2.08. The second-order valence-corrected chi connectivity index (χ2v) is 5.46. The van der Waals surface area contributed by atoms with E-state index in [0.29, 0.717) is 21.5 Å². The van der Waals surface area contributed by atoms with Crippen molar-refractivity contribution in [2.24, 2.45) is 5.73 Å². The zero-order chi connectivity index (χ0) is 12.8. The molecule has 1 aromatic rings. The van der Waals surface area contributed by atoms with Gasteiger partial charge in [-0.05, 0) is 19.1 Å². The van der Waals surface area contributed by atoms with Crippen LogP contribution in [0.1, 0.15) is 6.92 Å². The first-order chi connectivity index (χ1) is 8.00. The summed E-state index contributed by atoms with van der Waals surface area (Å²) in [6.07, 6.45) is 0. The second kappa shape index (κ2) is 7.11. The normalized spacial score (nSPS) is 12.2. The van der Waals surface area contributed by atoms with E-state index in [0.717, 1.165) is 5.75 Å². The zero-order valence-electron chi connectivity index (χ0n) is 9.37. The van der Waals surface area contributed by atoms with Gasteiger partial charge in [-0.3, -0.25) is 4.79 Å². The summed E-state index contributed by atoms with van der Waals surface area (Å²) in [5, 5.41) is 3.49. The molecule has 0 heterocycles. The van der Waals surface area contributed by atoms with E-state index >= 15 is 0 Å². The Morgan fingerprint density at radius 3 is 2.88 bits per heavy atom. The molecular formula is C11H14Cl2N2OS. The van der Waals surface area contributed by atoms with Crippen LogP contribution in [0.3, 0.4) is 0 Å². The van der Waals surface area contributed by atoms with Crippen LogP contribution >= 0.6 is 35.0 Å². The fraction of sp³-hybridized carbons (Fsp3) is 0.364. The van der Waals surface area contributed by atoms with Gasteiger partial charge in [-0.15, -0.1) is 0 Å². The third-order valence-electron chi connectivity index (χ3n) is 1.84. The van der Waals surface area contributed by atoms with E-state index in [1.54, 1.807) is 18.2 Å². The second-order valence-electron chi connectivity index (χ2n) is 3.64. The number of rotatable bonds is 5. The van der Waals surface area contributed by atoms with Gasteiger partial charge in [0.25, 0.3) is 0 Å². The van der Waals surface area contributed by atoms with E-state index in [4.69, 9.17) is 28.9 Å². The summed E-state index contributed by atoms with van der Waals surface area (Å²) in [5.41, 5.74) is 6.12. The average Bonchev–Trinajstić information content (AvgIpc) is 2.24. The lowest BCUT2D eigenvalue weighted by atomic mass is 10.3. The first-order valence-corrected chi connectivity index (χ1v) is 6.99. The number of benzene rings is 1. The number of amides is 1. The van der Waals surface area contributed by atoms with Crippen LogP contribution in [0.2, 0.25) is 10.0 Å². The first-order valence-electron chi connectivity index (χ1n) is 5.08. The Kier molecular flexibility index (Phi) is 6.12. The molecule has 0 saturated heterocycles. The third-order valence-corrected chi connectivity index (χ3v) is 3.89. The molecule has 1 rings (SSSR count).